The van der Waals surface area contributed by atoms with Crippen LogP contribution in [0.3, 0.4) is 0 Å². The summed E-state index contributed by atoms with van der Waals surface area (Å²) < 4.78 is 0. The lowest BCUT2D eigenvalue weighted by Crippen LogP contribution is -2.20. The molecule has 4 N–H and O–H groups in total. The Balaban J connectivity index is 2.77. The first-order chi connectivity index (χ1) is 8.09. The lowest BCUT2D eigenvalue weighted by atomic mass is 10.0. The molecule has 0 aliphatic heterocycles. The molecule has 5 nitrogen and oxygen atoms in total. The molecule has 0 spiro atoms. The van der Waals surface area contributed by atoms with Crippen LogP contribution >= 0.6 is 0 Å². The third-order valence-electron chi connectivity index (χ3n) is 2.35. The van der Waals surface area contributed by atoms with E-state index in [0.717, 1.165) is 0 Å². The number of hydrogen-bond acceptors (Lipinski definition) is 3. The van der Waals surface area contributed by atoms with Crippen molar-refractivity contribution in [1.82, 2.24) is 4.98 Å². The van der Waals surface area contributed by atoms with Crippen molar-refractivity contribution < 1.29 is 9.90 Å². The average Bonchev–Trinajstić information content (AvgIpc) is 2.28. The quantitative estimate of drug-likeness (QED) is 0.724. The summed E-state index contributed by atoms with van der Waals surface area (Å²) in [6.07, 6.45) is 0. The molecule has 0 amide bonds. The fourth-order valence-corrected chi connectivity index (χ4v) is 1.64. The van der Waals surface area contributed by atoms with E-state index in [1.165, 1.54) is 6.07 Å². The van der Waals surface area contributed by atoms with Crippen LogP contribution in [-0.4, -0.2) is 16.1 Å². The first-order valence-corrected chi connectivity index (χ1v) is 4.91. The Kier molecular flexibility index (Phi) is 2.66. The fourth-order valence-electron chi connectivity index (χ4n) is 1.64. The predicted octanol–water partition coefficient (Wildman–Crippen LogP) is 1.32. The second-order valence-corrected chi connectivity index (χ2v) is 3.51. The monoisotopic (exact) mass is 230 g/mol. The van der Waals surface area contributed by atoms with E-state index < -0.39 is 11.5 Å². The maximum Gasteiger partial charge on any atom is 0.341 e. The zero-order chi connectivity index (χ0) is 12.4. The molecular formula is C12H10N2O3. The van der Waals surface area contributed by atoms with E-state index in [1.54, 1.807) is 30.3 Å². The summed E-state index contributed by atoms with van der Waals surface area (Å²) >= 11 is 0. The molecule has 1 aromatic carbocycles. The van der Waals surface area contributed by atoms with E-state index in [1.807, 2.05) is 0 Å². The summed E-state index contributed by atoms with van der Waals surface area (Å²) in [5.74, 6) is -1.14. The van der Waals surface area contributed by atoms with Crippen LogP contribution in [0.5, 0.6) is 0 Å². The van der Waals surface area contributed by atoms with Crippen LogP contribution in [0.1, 0.15) is 10.4 Å². The highest BCUT2D eigenvalue weighted by Gasteiger charge is 2.16. The second-order valence-electron chi connectivity index (χ2n) is 3.51. The van der Waals surface area contributed by atoms with Crippen molar-refractivity contribution in [1.29, 1.82) is 0 Å². The molecule has 86 valence electrons. The van der Waals surface area contributed by atoms with Gasteiger partial charge in [0, 0.05) is 5.56 Å². The molecule has 0 aliphatic carbocycles. The normalized spacial score (nSPS) is 10.1. The minimum absolute atomic E-state index is 0.138. The number of nitrogens with two attached hydrogens (primary N) is 1. The number of benzene rings is 1. The molecule has 5 heteroatoms. The number of hydrogen-bond donors (Lipinski definition) is 3. The van der Waals surface area contributed by atoms with Gasteiger partial charge < -0.3 is 15.8 Å². The van der Waals surface area contributed by atoms with Gasteiger partial charge in [0.15, 0.2) is 0 Å². The number of aromatic carboxylic acids is 1. The fraction of sp³-hybridized carbons (Fsp3) is 0. The topological polar surface area (TPSA) is 96.2 Å². The van der Waals surface area contributed by atoms with E-state index in [2.05, 4.69) is 4.98 Å². The first-order valence-electron chi connectivity index (χ1n) is 4.91. The lowest BCUT2D eigenvalue weighted by Gasteiger charge is -2.06. The van der Waals surface area contributed by atoms with Crippen LogP contribution in [0.15, 0.2) is 41.2 Å². The number of carboxylic acid groups (broad SMARTS) is 1. The van der Waals surface area contributed by atoms with Crippen molar-refractivity contribution in [3.63, 3.8) is 0 Å². The van der Waals surface area contributed by atoms with Crippen LogP contribution in [0.4, 0.5) is 5.82 Å². The number of carbonyl (C=O) groups is 1. The average molecular weight is 230 g/mol. The van der Waals surface area contributed by atoms with Gasteiger partial charge in [0.1, 0.15) is 11.4 Å². The number of nitrogens with one attached hydrogen (secondary N) is 1. The van der Waals surface area contributed by atoms with Crippen LogP contribution in [0, 0.1) is 0 Å². The summed E-state index contributed by atoms with van der Waals surface area (Å²) in [5.41, 5.74) is 5.48. The molecule has 0 fully saturated rings. The molecule has 0 unspecified atom stereocenters. The highest BCUT2D eigenvalue weighted by atomic mass is 16.4. The molecule has 2 aromatic rings. The molecule has 0 saturated heterocycles. The van der Waals surface area contributed by atoms with Gasteiger partial charge in [-0.05, 0) is 11.6 Å². The number of pyridine rings is 1. The summed E-state index contributed by atoms with van der Waals surface area (Å²) in [6.45, 7) is 0. The first kappa shape index (κ1) is 10.9. The van der Waals surface area contributed by atoms with Crippen LogP contribution in [0.2, 0.25) is 0 Å². The van der Waals surface area contributed by atoms with Crippen molar-refractivity contribution in [3.05, 3.63) is 52.3 Å². The maximum atomic E-state index is 11.6. The van der Waals surface area contributed by atoms with Gasteiger partial charge in [-0.25, -0.2) is 4.79 Å². The molecule has 2 rings (SSSR count). The Hall–Kier alpha value is -2.56. The van der Waals surface area contributed by atoms with Gasteiger partial charge in [0.25, 0.3) is 5.56 Å². The van der Waals surface area contributed by atoms with E-state index >= 15 is 0 Å². The highest BCUT2D eigenvalue weighted by Crippen LogP contribution is 2.22. The summed E-state index contributed by atoms with van der Waals surface area (Å²) in [5, 5.41) is 9.04. The number of anilines is 1. The van der Waals surface area contributed by atoms with Crippen LogP contribution in [0.25, 0.3) is 11.1 Å². The van der Waals surface area contributed by atoms with Crippen molar-refractivity contribution in [2.75, 3.05) is 5.73 Å². The van der Waals surface area contributed by atoms with Crippen molar-refractivity contribution >= 4 is 11.8 Å². The van der Waals surface area contributed by atoms with Gasteiger partial charge in [0.2, 0.25) is 0 Å². The molecule has 1 aromatic heterocycles. The number of aromatic nitrogens is 1. The molecule has 0 atom stereocenters. The summed E-state index contributed by atoms with van der Waals surface area (Å²) in [4.78, 5) is 24.9. The minimum atomic E-state index is -1.27. The van der Waals surface area contributed by atoms with Gasteiger partial charge in [-0.1, -0.05) is 30.3 Å². The number of H-pyrrole nitrogens is 1. The number of nitrogen functional groups attached to an aromatic ring is 1. The van der Waals surface area contributed by atoms with E-state index in [-0.39, 0.29) is 11.4 Å². The molecular weight excluding hydrogens is 220 g/mol. The molecule has 17 heavy (non-hydrogen) atoms. The number of aromatic amines is 1. The molecule has 0 aliphatic rings. The Morgan fingerprint density at radius 3 is 2.47 bits per heavy atom. The van der Waals surface area contributed by atoms with Gasteiger partial charge in [-0.2, -0.15) is 0 Å². The van der Waals surface area contributed by atoms with Crippen molar-refractivity contribution in [3.8, 4) is 11.1 Å². The predicted molar refractivity (Wildman–Crippen MR) is 63.9 cm³/mol. The van der Waals surface area contributed by atoms with Gasteiger partial charge in [0.05, 0.1) is 0 Å². The summed E-state index contributed by atoms with van der Waals surface area (Å²) in [6, 6.07) is 10.2. The largest absolute Gasteiger partial charge is 0.477 e. The van der Waals surface area contributed by atoms with E-state index in [9.17, 15) is 9.59 Å². The third kappa shape index (κ3) is 2.03. The zero-order valence-electron chi connectivity index (χ0n) is 8.81. The van der Waals surface area contributed by atoms with E-state index in [0.29, 0.717) is 11.1 Å². The van der Waals surface area contributed by atoms with E-state index in [4.69, 9.17) is 10.8 Å². The smallest absolute Gasteiger partial charge is 0.341 e. The standard InChI is InChI=1S/C12H10N2O3/c13-9-6-8(7-4-2-1-3-5-7)10(12(16)17)11(15)14-9/h1-6H,(H,16,17)(H3,13,14,15). The third-order valence-corrected chi connectivity index (χ3v) is 2.35. The Bertz CT molecular complexity index is 617. The van der Waals surface area contributed by atoms with Gasteiger partial charge in [-0.3, -0.25) is 4.79 Å². The van der Waals surface area contributed by atoms with Crippen molar-refractivity contribution in [2.24, 2.45) is 0 Å². The minimum Gasteiger partial charge on any atom is -0.477 e. The van der Waals surface area contributed by atoms with Gasteiger partial charge in [-0.15, -0.1) is 0 Å². The molecule has 1 heterocycles. The van der Waals surface area contributed by atoms with Gasteiger partial charge >= 0.3 is 5.97 Å². The SMILES string of the molecule is Nc1cc(-c2ccccc2)c(C(=O)O)c(=O)[nH]1. The number of carboxylic acids is 1. The van der Waals surface area contributed by atoms with Crippen molar-refractivity contribution in [2.45, 2.75) is 0 Å². The second kappa shape index (κ2) is 4.13. The maximum absolute atomic E-state index is 11.6. The Morgan fingerprint density at radius 1 is 1.24 bits per heavy atom. The summed E-state index contributed by atoms with van der Waals surface area (Å²) in [7, 11) is 0. The lowest BCUT2D eigenvalue weighted by molar-refractivity contribution is 0.0696. The molecule has 0 bridgehead atoms. The van der Waals surface area contributed by atoms with Crippen LogP contribution < -0.4 is 11.3 Å². The molecule has 0 radical (unpaired) electrons. The number of rotatable bonds is 2. The zero-order valence-corrected chi connectivity index (χ0v) is 8.81. The molecule has 0 saturated carbocycles. The Labute approximate surface area is 96.5 Å². The Morgan fingerprint density at radius 2 is 1.88 bits per heavy atom. The van der Waals surface area contributed by atoms with Crippen LogP contribution in [-0.2, 0) is 0 Å². The highest BCUT2D eigenvalue weighted by molar-refractivity contribution is 5.96.